The van der Waals surface area contributed by atoms with Crippen molar-refractivity contribution in [1.29, 1.82) is 0 Å². The van der Waals surface area contributed by atoms with Gasteiger partial charge in [-0.05, 0) is 23.8 Å². The van der Waals surface area contributed by atoms with E-state index in [1.165, 1.54) is 6.07 Å². The maximum atomic E-state index is 13.0. The molecule has 7 heteroatoms. The molecule has 4 nitrogen and oxygen atoms in total. The number of ether oxygens (including phenoxy) is 2. The van der Waals surface area contributed by atoms with Crippen LogP contribution in [0.3, 0.4) is 0 Å². The first kappa shape index (κ1) is 19.1. The number of carbonyl (C=O) groups excluding carboxylic acids is 1. The molecule has 0 radical (unpaired) electrons. The van der Waals surface area contributed by atoms with Gasteiger partial charge in [-0.2, -0.15) is 13.2 Å². The SMILES string of the molecule is CC(C)(CNC(=O)c1cccc2c1OCCO2)c1cccc(C(F)(F)F)c1. The molecule has 0 bridgehead atoms. The lowest BCUT2D eigenvalue weighted by atomic mass is 9.83. The smallest absolute Gasteiger partial charge is 0.416 e. The van der Waals surface area contributed by atoms with Crippen LogP contribution in [0.15, 0.2) is 42.5 Å². The molecule has 0 fully saturated rings. The minimum atomic E-state index is -4.41. The number of hydrogen-bond acceptors (Lipinski definition) is 3. The van der Waals surface area contributed by atoms with Crippen LogP contribution in [-0.2, 0) is 11.6 Å². The van der Waals surface area contributed by atoms with Crippen LogP contribution in [0.25, 0.3) is 0 Å². The van der Waals surface area contributed by atoms with E-state index in [1.54, 1.807) is 38.1 Å². The van der Waals surface area contributed by atoms with Gasteiger partial charge in [0.1, 0.15) is 13.2 Å². The maximum absolute atomic E-state index is 13.0. The zero-order valence-corrected chi connectivity index (χ0v) is 15.0. The highest BCUT2D eigenvalue weighted by Crippen LogP contribution is 2.34. The lowest BCUT2D eigenvalue weighted by Crippen LogP contribution is -2.37. The Morgan fingerprint density at radius 2 is 1.70 bits per heavy atom. The molecule has 0 aromatic heterocycles. The van der Waals surface area contributed by atoms with E-state index in [0.717, 1.165) is 12.1 Å². The molecule has 2 aromatic rings. The van der Waals surface area contributed by atoms with Crippen LogP contribution in [-0.4, -0.2) is 25.7 Å². The van der Waals surface area contributed by atoms with Gasteiger partial charge in [-0.25, -0.2) is 0 Å². The summed E-state index contributed by atoms with van der Waals surface area (Å²) in [6.45, 7) is 4.50. The van der Waals surface area contributed by atoms with Crippen LogP contribution in [0, 0.1) is 0 Å². The van der Waals surface area contributed by atoms with Gasteiger partial charge in [-0.15, -0.1) is 0 Å². The lowest BCUT2D eigenvalue weighted by molar-refractivity contribution is -0.137. The van der Waals surface area contributed by atoms with Gasteiger partial charge in [-0.1, -0.05) is 38.1 Å². The van der Waals surface area contributed by atoms with Crippen LogP contribution in [0.2, 0.25) is 0 Å². The van der Waals surface area contributed by atoms with Crippen molar-refractivity contribution < 1.29 is 27.4 Å². The number of nitrogens with one attached hydrogen (secondary N) is 1. The molecule has 1 amide bonds. The zero-order valence-electron chi connectivity index (χ0n) is 15.0. The van der Waals surface area contributed by atoms with Crippen LogP contribution >= 0.6 is 0 Å². The lowest BCUT2D eigenvalue weighted by Gasteiger charge is -2.27. The van der Waals surface area contributed by atoms with E-state index in [1.807, 2.05) is 0 Å². The van der Waals surface area contributed by atoms with Crippen molar-refractivity contribution in [2.75, 3.05) is 19.8 Å². The summed E-state index contributed by atoms with van der Waals surface area (Å²) in [6.07, 6.45) is -4.41. The van der Waals surface area contributed by atoms with Gasteiger partial charge in [0.15, 0.2) is 11.5 Å². The summed E-state index contributed by atoms with van der Waals surface area (Å²) in [5, 5.41) is 2.79. The Kier molecular flexibility index (Phi) is 5.04. The Bertz CT molecular complexity index is 847. The third-order valence-corrected chi connectivity index (χ3v) is 4.47. The molecule has 1 N–H and O–H groups in total. The van der Waals surface area contributed by atoms with Crippen molar-refractivity contribution in [2.45, 2.75) is 25.4 Å². The molecule has 2 aromatic carbocycles. The number of amides is 1. The zero-order chi connectivity index (χ0) is 19.7. The van der Waals surface area contributed by atoms with Crippen molar-refractivity contribution in [2.24, 2.45) is 0 Å². The Hall–Kier alpha value is -2.70. The van der Waals surface area contributed by atoms with Gasteiger partial charge in [-0.3, -0.25) is 4.79 Å². The van der Waals surface area contributed by atoms with Crippen molar-refractivity contribution in [1.82, 2.24) is 5.32 Å². The number of para-hydroxylation sites is 1. The fourth-order valence-electron chi connectivity index (χ4n) is 2.87. The molecule has 0 spiro atoms. The van der Waals surface area contributed by atoms with Crippen molar-refractivity contribution in [3.63, 3.8) is 0 Å². The molecule has 1 heterocycles. The molecule has 1 aliphatic rings. The third kappa shape index (κ3) is 4.18. The van der Waals surface area contributed by atoms with E-state index in [0.29, 0.717) is 35.8 Å². The molecule has 0 atom stereocenters. The third-order valence-electron chi connectivity index (χ3n) is 4.47. The summed E-state index contributed by atoms with van der Waals surface area (Å²) < 4.78 is 49.9. The number of hydrogen-bond donors (Lipinski definition) is 1. The highest BCUT2D eigenvalue weighted by Gasteiger charge is 2.32. The van der Waals surface area contributed by atoms with Gasteiger partial charge < -0.3 is 14.8 Å². The Morgan fingerprint density at radius 3 is 2.44 bits per heavy atom. The molecule has 0 saturated heterocycles. The number of fused-ring (bicyclic) bond motifs is 1. The van der Waals surface area contributed by atoms with Gasteiger partial charge in [0, 0.05) is 12.0 Å². The summed E-state index contributed by atoms with van der Waals surface area (Å²) in [5.74, 6) is 0.529. The molecule has 27 heavy (non-hydrogen) atoms. The summed E-state index contributed by atoms with van der Waals surface area (Å²) in [5.41, 5.74) is -0.565. The van der Waals surface area contributed by atoms with Crippen LogP contribution in [0.4, 0.5) is 13.2 Å². The van der Waals surface area contributed by atoms with Gasteiger partial charge in [0.05, 0.1) is 11.1 Å². The summed E-state index contributed by atoms with van der Waals surface area (Å²) in [6, 6.07) is 10.2. The topological polar surface area (TPSA) is 47.6 Å². The Morgan fingerprint density at radius 1 is 1.04 bits per heavy atom. The first-order valence-electron chi connectivity index (χ1n) is 8.53. The summed E-state index contributed by atoms with van der Waals surface area (Å²) in [4.78, 5) is 12.6. The van der Waals surface area contributed by atoms with Crippen molar-refractivity contribution in [3.8, 4) is 11.5 Å². The van der Waals surface area contributed by atoms with E-state index < -0.39 is 17.2 Å². The fourth-order valence-corrected chi connectivity index (χ4v) is 2.87. The van der Waals surface area contributed by atoms with Gasteiger partial charge >= 0.3 is 6.18 Å². The minimum Gasteiger partial charge on any atom is -0.486 e. The number of carbonyl (C=O) groups is 1. The molecule has 0 aliphatic carbocycles. The van der Waals surface area contributed by atoms with E-state index in [4.69, 9.17) is 9.47 Å². The quantitative estimate of drug-likeness (QED) is 0.867. The first-order chi connectivity index (χ1) is 12.7. The summed E-state index contributed by atoms with van der Waals surface area (Å²) in [7, 11) is 0. The highest BCUT2D eigenvalue weighted by atomic mass is 19.4. The van der Waals surface area contributed by atoms with Crippen LogP contribution < -0.4 is 14.8 Å². The Balaban J connectivity index is 1.75. The minimum absolute atomic E-state index is 0.164. The molecule has 0 unspecified atom stereocenters. The Labute approximate surface area is 155 Å². The molecular formula is C20H20F3NO3. The molecule has 144 valence electrons. The van der Waals surface area contributed by atoms with E-state index in [9.17, 15) is 18.0 Å². The van der Waals surface area contributed by atoms with Crippen molar-refractivity contribution >= 4 is 5.91 Å². The van der Waals surface area contributed by atoms with E-state index in [-0.39, 0.29) is 12.5 Å². The van der Waals surface area contributed by atoms with Gasteiger partial charge in [0.2, 0.25) is 0 Å². The second kappa shape index (κ2) is 7.13. The first-order valence-corrected chi connectivity index (χ1v) is 8.53. The highest BCUT2D eigenvalue weighted by molar-refractivity contribution is 5.97. The molecule has 3 rings (SSSR count). The number of benzene rings is 2. The standard InChI is InChI=1S/C20H20F3NO3/c1-19(2,13-5-3-6-14(11-13)20(21,22)23)12-24-18(25)15-7-4-8-16-17(15)27-10-9-26-16/h3-8,11H,9-10,12H2,1-2H3,(H,24,25). The van der Waals surface area contributed by atoms with Crippen LogP contribution in [0.1, 0.15) is 35.3 Å². The van der Waals surface area contributed by atoms with Crippen molar-refractivity contribution in [3.05, 3.63) is 59.2 Å². The van der Waals surface area contributed by atoms with Crippen LogP contribution in [0.5, 0.6) is 11.5 Å². The maximum Gasteiger partial charge on any atom is 0.416 e. The predicted octanol–water partition coefficient (Wildman–Crippen LogP) is 4.18. The summed E-state index contributed by atoms with van der Waals surface area (Å²) >= 11 is 0. The average Bonchev–Trinajstić information content (AvgIpc) is 2.65. The predicted molar refractivity (Wildman–Crippen MR) is 94.2 cm³/mol. The normalized spacial score (nSPS) is 14.0. The fraction of sp³-hybridized carbons (Fsp3) is 0.350. The number of rotatable bonds is 4. The average molecular weight is 379 g/mol. The van der Waals surface area contributed by atoms with Gasteiger partial charge in [0.25, 0.3) is 5.91 Å². The second-order valence-electron chi connectivity index (χ2n) is 6.97. The van der Waals surface area contributed by atoms with E-state index >= 15 is 0 Å². The second-order valence-corrected chi connectivity index (χ2v) is 6.97. The number of halogens is 3. The monoisotopic (exact) mass is 379 g/mol. The largest absolute Gasteiger partial charge is 0.486 e. The van der Waals surface area contributed by atoms with E-state index in [2.05, 4.69) is 5.32 Å². The molecule has 1 aliphatic heterocycles. The number of alkyl halides is 3. The molecular weight excluding hydrogens is 359 g/mol. The molecule has 0 saturated carbocycles.